The molecule has 0 saturated carbocycles. The van der Waals surface area contributed by atoms with Crippen LogP contribution in [0.25, 0.3) is 22.0 Å². The number of furan rings is 1. The van der Waals surface area contributed by atoms with Gasteiger partial charge in [0.25, 0.3) is 0 Å². The van der Waals surface area contributed by atoms with E-state index in [9.17, 15) is 5.11 Å². The molecule has 92 valence electrons. The van der Waals surface area contributed by atoms with Crippen LogP contribution >= 0.6 is 0 Å². The van der Waals surface area contributed by atoms with E-state index in [4.69, 9.17) is 13.9 Å². The number of pyridine rings is 1. The maximum atomic E-state index is 9.99. The number of hydrogen-bond donors (Lipinski definition) is 1. The standard InChI is InChI=1S/C13H11NO4/c1-16-9-4-3-8(15)10-11(9)14-13-7(5-6-18-13)12(10)17-2/h3-6,15H,1-2H3. The number of ether oxygens (including phenoxy) is 2. The molecule has 0 aliphatic carbocycles. The van der Waals surface area contributed by atoms with Crippen molar-refractivity contribution in [2.45, 2.75) is 0 Å². The minimum Gasteiger partial charge on any atom is -0.507 e. The molecule has 0 aliphatic heterocycles. The van der Waals surface area contributed by atoms with Gasteiger partial charge in [-0.15, -0.1) is 0 Å². The molecule has 5 heteroatoms. The van der Waals surface area contributed by atoms with Crippen LogP contribution < -0.4 is 9.47 Å². The quantitative estimate of drug-likeness (QED) is 0.752. The molecular weight excluding hydrogens is 234 g/mol. The molecule has 0 fully saturated rings. The predicted octanol–water partition coefficient (Wildman–Crippen LogP) is 2.70. The van der Waals surface area contributed by atoms with E-state index in [1.807, 2.05) is 0 Å². The van der Waals surface area contributed by atoms with Crippen molar-refractivity contribution in [2.75, 3.05) is 14.2 Å². The lowest BCUT2D eigenvalue weighted by atomic mass is 10.1. The Kier molecular flexibility index (Phi) is 2.26. The molecule has 0 radical (unpaired) electrons. The van der Waals surface area contributed by atoms with Crippen molar-refractivity contribution < 1.29 is 19.0 Å². The number of benzene rings is 1. The molecule has 0 saturated heterocycles. The van der Waals surface area contributed by atoms with E-state index >= 15 is 0 Å². The van der Waals surface area contributed by atoms with Crippen molar-refractivity contribution in [1.29, 1.82) is 0 Å². The van der Waals surface area contributed by atoms with Crippen molar-refractivity contribution in [3.05, 3.63) is 24.5 Å². The summed E-state index contributed by atoms with van der Waals surface area (Å²) in [4.78, 5) is 4.35. The Balaban J connectivity index is 2.58. The summed E-state index contributed by atoms with van der Waals surface area (Å²) >= 11 is 0. The van der Waals surface area contributed by atoms with Crippen molar-refractivity contribution >= 4 is 22.0 Å². The van der Waals surface area contributed by atoms with Gasteiger partial charge in [-0.3, -0.25) is 0 Å². The first kappa shape index (κ1) is 10.7. The zero-order valence-corrected chi connectivity index (χ0v) is 9.93. The smallest absolute Gasteiger partial charge is 0.230 e. The largest absolute Gasteiger partial charge is 0.507 e. The van der Waals surface area contributed by atoms with Gasteiger partial charge < -0.3 is 19.0 Å². The molecule has 0 bridgehead atoms. The first-order valence-corrected chi connectivity index (χ1v) is 5.37. The number of phenols is 1. The van der Waals surface area contributed by atoms with Crippen molar-refractivity contribution in [3.63, 3.8) is 0 Å². The van der Waals surface area contributed by atoms with Crippen LogP contribution in [0.5, 0.6) is 17.2 Å². The fraction of sp³-hybridized carbons (Fsp3) is 0.154. The average molecular weight is 245 g/mol. The maximum absolute atomic E-state index is 9.99. The second-order valence-corrected chi connectivity index (χ2v) is 3.80. The molecule has 0 unspecified atom stereocenters. The molecule has 2 aromatic heterocycles. The number of fused-ring (bicyclic) bond motifs is 2. The number of nitrogens with zero attached hydrogens (tertiary/aromatic N) is 1. The highest BCUT2D eigenvalue weighted by atomic mass is 16.5. The lowest BCUT2D eigenvalue weighted by Crippen LogP contribution is -1.92. The van der Waals surface area contributed by atoms with Gasteiger partial charge in [0.05, 0.1) is 31.3 Å². The van der Waals surface area contributed by atoms with Crippen LogP contribution in [0, 0.1) is 0 Å². The van der Waals surface area contributed by atoms with Crippen LogP contribution in [0.1, 0.15) is 0 Å². The zero-order valence-electron chi connectivity index (χ0n) is 9.93. The third-order valence-electron chi connectivity index (χ3n) is 2.87. The Morgan fingerprint density at radius 2 is 2.00 bits per heavy atom. The van der Waals surface area contributed by atoms with Gasteiger partial charge in [-0.2, -0.15) is 0 Å². The molecule has 18 heavy (non-hydrogen) atoms. The summed E-state index contributed by atoms with van der Waals surface area (Å²) in [5.41, 5.74) is 0.958. The minimum atomic E-state index is 0.0956. The molecule has 5 nitrogen and oxygen atoms in total. The fourth-order valence-corrected chi connectivity index (χ4v) is 2.07. The molecule has 3 rings (SSSR count). The van der Waals surface area contributed by atoms with Gasteiger partial charge in [-0.25, -0.2) is 4.98 Å². The van der Waals surface area contributed by atoms with Crippen LogP contribution in [0.2, 0.25) is 0 Å². The molecule has 0 amide bonds. The molecule has 0 atom stereocenters. The monoisotopic (exact) mass is 245 g/mol. The van der Waals surface area contributed by atoms with Crippen LogP contribution in [-0.4, -0.2) is 24.3 Å². The number of rotatable bonds is 2. The summed E-state index contributed by atoms with van der Waals surface area (Å²) in [5, 5.41) is 11.2. The van der Waals surface area contributed by atoms with E-state index in [2.05, 4.69) is 4.98 Å². The van der Waals surface area contributed by atoms with E-state index in [1.165, 1.54) is 6.26 Å². The number of methoxy groups -OCH3 is 2. The summed E-state index contributed by atoms with van der Waals surface area (Å²) in [5.74, 6) is 1.18. The molecule has 3 aromatic rings. The Morgan fingerprint density at radius 3 is 2.72 bits per heavy atom. The van der Waals surface area contributed by atoms with Crippen molar-refractivity contribution in [2.24, 2.45) is 0 Å². The summed E-state index contributed by atoms with van der Waals surface area (Å²) in [6.07, 6.45) is 1.53. The van der Waals surface area contributed by atoms with E-state index < -0.39 is 0 Å². The van der Waals surface area contributed by atoms with Gasteiger partial charge in [-0.1, -0.05) is 0 Å². The normalized spacial score (nSPS) is 11.0. The van der Waals surface area contributed by atoms with Gasteiger partial charge in [0.2, 0.25) is 5.71 Å². The van der Waals surface area contributed by atoms with Crippen LogP contribution in [0.4, 0.5) is 0 Å². The van der Waals surface area contributed by atoms with Crippen molar-refractivity contribution in [3.8, 4) is 17.2 Å². The number of aromatic hydroxyl groups is 1. The highest BCUT2D eigenvalue weighted by molar-refractivity contribution is 6.04. The average Bonchev–Trinajstić information content (AvgIpc) is 2.84. The Hall–Kier alpha value is -2.43. The summed E-state index contributed by atoms with van der Waals surface area (Å²) in [6, 6.07) is 4.95. The lowest BCUT2D eigenvalue weighted by molar-refractivity contribution is 0.412. The summed E-state index contributed by atoms with van der Waals surface area (Å²) in [7, 11) is 3.09. The first-order valence-electron chi connectivity index (χ1n) is 5.37. The number of phenolic OH excluding ortho intramolecular Hbond substituents is 1. The number of aromatic nitrogens is 1. The maximum Gasteiger partial charge on any atom is 0.230 e. The van der Waals surface area contributed by atoms with Crippen LogP contribution in [0.3, 0.4) is 0 Å². The first-order chi connectivity index (χ1) is 8.76. The van der Waals surface area contributed by atoms with E-state index in [0.29, 0.717) is 33.5 Å². The third-order valence-corrected chi connectivity index (χ3v) is 2.87. The molecular formula is C13H11NO4. The van der Waals surface area contributed by atoms with E-state index in [-0.39, 0.29) is 5.75 Å². The van der Waals surface area contributed by atoms with Gasteiger partial charge >= 0.3 is 0 Å². The van der Waals surface area contributed by atoms with Gasteiger partial charge in [-0.05, 0) is 18.2 Å². The highest BCUT2D eigenvalue weighted by Gasteiger charge is 2.17. The Morgan fingerprint density at radius 1 is 1.17 bits per heavy atom. The topological polar surface area (TPSA) is 64.7 Å². The molecule has 1 aromatic carbocycles. The van der Waals surface area contributed by atoms with E-state index in [1.54, 1.807) is 32.4 Å². The molecule has 2 heterocycles. The zero-order chi connectivity index (χ0) is 12.7. The highest BCUT2D eigenvalue weighted by Crippen LogP contribution is 2.41. The van der Waals surface area contributed by atoms with Crippen LogP contribution in [0.15, 0.2) is 28.9 Å². The molecule has 0 aliphatic rings. The lowest BCUT2D eigenvalue weighted by Gasteiger charge is -2.10. The molecule has 0 spiro atoms. The third kappa shape index (κ3) is 1.30. The number of hydrogen-bond acceptors (Lipinski definition) is 5. The minimum absolute atomic E-state index is 0.0956. The molecule has 1 N–H and O–H groups in total. The predicted molar refractivity (Wildman–Crippen MR) is 66.3 cm³/mol. The Labute approximate surface area is 103 Å². The SMILES string of the molecule is COc1ccc(O)c2c(OC)c3ccoc3nc12. The fourth-order valence-electron chi connectivity index (χ4n) is 2.07. The second-order valence-electron chi connectivity index (χ2n) is 3.80. The van der Waals surface area contributed by atoms with E-state index in [0.717, 1.165) is 0 Å². The summed E-state index contributed by atoms with van der Waals surface area (Å²) in [6.45, 7) is 0. The summed E-state index contributed by atoms with van der Waals surface area (Å²) < 4.78 is 15.9. The van der Waals surface area contributed by atoms with Gasteiger partial charge in [0.15, 0.2) is 0 Å². The Bertz CT molecular complexity index is 733. The van der Waals surface area contributed by atoms with Crippen LogP contribution in [-0.2, 0) is 0 Å². The van der Waals surface area contributed by atoms with Gasteiger partial charge in [0.1, 0.15) is 22.8 Å². The van der Waals surface area contributed by atoms with Crippen molar-refractivity contribution in [1.82, 2.24) is 4.98 Å². The second kappa shape index (κ2) is 3.80. The van der Waals surface area contributed by atoms with Gasteiger partial charge in [0, 0.05) is 0 Å².